The number of aryl methyl sites for hydroxylation is 4. The van der Waals surface area contributed by atoms with Gasteiger partial charge in [0.15, 0.2) is 0 Å². The Labute approximate surface area is 298 Å². The number of sulfonamides is 1. The fraction of sp³-hybridized carbons (Fsp3) is 0.275. The van der Waals surface area contributed by atoms with E-state index in [1.807, 2.05) is 43.3 Å². The number of anilines is 1. The monoisotopic (exact) mass is 702 g/mol. The van der Waals surface area contributed by atoms with Gasteiger partial charge in [-0.25, -0.2) is 23.1 Å². The number of fused-ring (bicyclic) bond motifs is 2. The van der Waals surface area contributed by atoms with Crippen molar-refractivity contribution < 1.29 is 17.7 Å². The predicted molar refractivity (Wildman–Crippen MR) is 201 cm³/mol. The summed E-state index contributed by atoms with van der Waals surface area (Å²) in [6.07, 6.45) is 1.79. The van der Waals surface area contributed by atoms with E-state index in [0.717, 1.165) is 74.4 Å². The lowest BCUT2D eigenvalue weighted by molar-refractivity contribution is 0.134. The molecule has 10 nitrogen and oxygen atoms in total. The SMILES string of the molecule is CCCc1nc2c(C)cc(-c3nc4ccccc4n3C)cc2n1Cc1ccc(-c2ccccc2S(=O)(=O)Nc2onc(C)c2C)c(COCC)c1. The molecule has 0 radical (unpaired) electrons. The number of rotatable bonds is 12. The van der Waals surface area contributed by atoms with Crippen molar-refractivity contribution in [3.05, 3.63) is 113 Å². The van der Waals surface area contributed by atoms with Crippen LogP contribution in [0.1, 0.15) is 54.0 Å². The highest BCUT2D eigenvalue weighted by Gasteiger charge is 2.24. The van der Waals surface area contributed by atoms with Gasteiger partial charge in [-0.2, -0.15) is 0 Å². The Morgan fingerprint density at radius 1 is 0.882 bits per heavy atom. The third-order valence-electron chi connectivity index (χ3n) is 9.47. The van der Waals surface area contributed by atoms with Crippen LogP contribution in [0.25, 0.3) is 44.6 Å². The molecule has 7 aromatic rings. The minimum absolute atomic E-state index is 0.109. The number of nitrogens with one attached hydrogen (secondary N) is 1. The van der Waals surface area contributed by atoms with Crippen molar-refractivity contribution in [3.63, 3.8) is 0 Å². The van der Waals surface area contributed by atoms with Gasteiger partial charge in [-0.05, 0) is 86.7 Å². The largest absolute Gasteiger partial charge is 0.377 e. The van der Waals surface area contributed by atoms with Crippen molar-refractivity contribution in [3.8, 4) is 22.5 Å². The van der Waals surface area contributed by atoms with E-state index >= 15 is 0 Å². The lowest BCUT2D eigenvalue weighted by Crippen LogP contribution is -2.14. The maximum atomic E-state index is 13.8. The molecule has 262 valence electrons. The zero-order chi connectivity index (χ0) is 35.9. The van der Waals surface area contributed by atoms with E-state index in [2.05, 4.69) is 70.2 Å². The van der Waals surface area contributed by atoms with Crippen LogP contribution in [-0.4, -0.2) is 39.3 Å². The second kappa shape index (κ2) is 13.8. The maximum Gasteiger partial charge on any atom is 0.264 e. The molecule has 0 spiro atoms. The second-order valence-electron chi connectivity index (χ2n) is 13.0. The van der Waals surface area contributed by atoms with Crippen LogP contribution >= 0.6 is 0 Å². The molecule has 0 unspecified atom stereocenters. The molecule has 0 bridgehead atoms. The molecule has 0 aliphatic heterocycles. The van der Waals surface area contributed by atoms with E-state index in [1.54, 1.807) is 26.0 Å². The number of aromatic nitrogens is 5. The van der Waals surface area contributed by atoms with Crippen molar-refractivity contribution >= 4 is 38.0 Å². The summed E-state index contributed by atoms with van der Waals surface area (Å²) in [6.45, 7) is 11.2. The summed E-state index contributed by atoms with van der Waals surface area (Å²) in [5, 5.41) is 3.91. The number of ether oxygens (including phenoxy) is 1. The molecule has 0 aliphatic rings. The normalized spacial score (nSPS) is 12.0. The first-order chi connectivity index (χ1) is 24.6. The van der Waals surface area contributed by atoms with Crippen LogP contribution < -0.4 is 4.72 Å². The first kappa shape index (κ1) is 34.2. The van der Waals surface area contributed by atoms with E-state index < -0.39 is 10.0 Å². The number of nitrogens with zero attached hydrogens (tertiary/aromatic N) is 5. The third-order valence-corrected chi connectivity index (χ3v) is 10.9. The summed E-state index contributed by atoms with van der Waals surface area (Å²) in [7, 11) is -1.96. The molecule has 0 fully saturated rings. The third kappa shape index (κ3) is 6.43. The van der Waals surface area contributed by atoms with E-state index in [1.165, 1.54) is 0 Å². The van der Waals surface area contributed by atoms with Gasteiger partial charge in [0.1, 0.15) is 11.6 Å². The topological polar surface area (TPSA) is 117 Å². The average molecular weight is 703 g/mol. The van der Waals surface area contributed by atoms with Crippen LogP contribution in [-0.2, 0) is 41.4 Å². The number of hydrogen-bond donors (Lipinski definition) is 1. The molecule has 4 aromatic carbocycles. The minimum atomic E-state index is -4.01. The average Bonchev–Trinajstić information content (AvgIpc) is 3.76. The quantitative estimate of drug-likeness (QED) is 0.136. The fourth-order valence-electron chi connectivity index (χ4n) is 6.70. The smallest absolute Gasteiger partial charge is 0.264 e. The second-order valence-corrected chi connectivity index (χ2v) is 14.6. The van der Waals surface area contributed by atoms with Gasteiger partial charge >= 0.3 is 0 Å². The van der Waals surface area contributed by atoms with Gasteiger partial charge in [0.2, 0.25) is 5.88 Å². The van der Waals surface area contributed by atoms with Crippen LogP contribution in [0.2, 0.25) is 0 Å². The van der Waals surface area contributed by atoms with Crippen LogP contribution in [0.3, 0.4) is 0 Å². The summed E-state index contributed by atoms with van der Waals surface area (Å²) < 4.78 is 45.8. The summed E-state index contributed by atoms with van der Waals surface area (Å²) in [4.78, 5) is 10.3. The maximum absolute atomic E-state index is 13.8. The lowest BCUT2D eigenvalue weighted by Gasteiger charge is -2.17. The summed E-state index contributed by atoms with van der Waals surface area (Å²) in [5.41, 5.74) is 10.8. The zero-order valence-corrected chi connectivity index (χ0v) is 30.6. The van der Waals surface area contributed by atoms with Gasteiger partial charge in [0, 0.05) is 43.3 Å². The summed E-state index contributed by atoms with van der Waals surface area (Å²) in [6, 6.07) is 25.7. The molecule has 0 aliphatic carbocycles. The molecule has 3 heterocycles. The molecular formula is C40H42N6O4S. The Morgan fingerprint density at radius 2 is 1.67 bits per heavy atom. The van der Waals surface area contributed by atoms with Crippen molar-refractivity contribution in [1.29, 1.82) is 0 Å². The van der Waals surface area contributed by atoms with Gasteiger partial charge in [-0.3, -0.25) is 0 Å². The first-order valence-corrected chi connectivity index (χ1v) is 18.7. The molecule has 0 saturated heterocycles. The van der Waals surface area contributed by atoms with Crippen LogP contribution in [0.15, 0.2) is 88.3 Å². The van der Waals surface area contributed by atoms with Crippen LogP contribution in [0, 0.1) is 20.8 Å². The molecule has 0 saturated carbocycles. The summed E-state index contributed by atoms with van der Waals surface area (Å²) in [5.74, 6) is 2.04. The molecule has 11 heteroatoms. The van der Waals surface area contributed by atoms with Crippen LogP contribution in [0.5, 0.6) is 0 Å². The van der Waals surface area contributed by atoms with E-state index in [9.17, 15) is 8.42 Å². The van der Waals surface area contributed by atoms with E-state index in [-0.39, 0.29) is 10.8 Å². The highest BCUT2D eigenvalue weighted by molar-refractivity contribution is 7.92. The number of para-hydroxylation sites is 2. The van der Waals surface area contributed by atoms with Gasteiger partial charge in [-0.15, -0.1) is 0 Å². The van der Waals surface area contributed by atoms with Gasteiger partial charge in [-0.1, -0.05) is 60.6 Å². The van der Waals surface area contributed by atoms with E-state index in [0.29, 0.717) is 36.6 Å². The van der Waals surface area contributed by atoms with Crippen molar-refractivity contribution in [2.24, 2.45) is 7.05 Å². The molecule has 0 atom stereocenters. The Morgan fingerprint density at radius 3 is 2.41 bits per heavy atom. The minimum Gasteiger partial charge on any atom is -0.377 e. The Hall–Kier alpha value is -5.26. The zero-order valence-electron chi connectivity index (χ0n) is 29.8. The highest BCUT2D eigenvalue weighted by atomic mass is 32.2. The standard InChI is InChI=1S/C40H42N6O4S/c1-7-13-37-42-38-25(3)20-29(39-41-33-15-10-11-16-34(33)45(39)6)22-35(38)46(37)23-28-18-19-31(30(21-28)24-49-8-2)32-14-9-12-17-36(32)51(47,48)44-40-26(4)27(5)43-50-40/h9-12,14-22,44H,7-8,13,23-24H2,1-6H3. The Bertz CT molecular complexity index is 2510. The number of hydrogen-bond acceptors (Lipinski definition) is 7. The first-order valence-electron chi connectivity index (χ1n) is 17.3. The molecule has 51 heavy (non-hydrogen) atoms. The number of benzene rings is 4. The fourth-order valence-corrected chi connectivity index (χ4v) is 7.97. The van der Waals surface area contributed by atoms with Crippen molar-refractivity contribution in [2.45, 2.75) is 65.5 Å². The molecule has 3 aromatic heterocycles. The highest BCUT2D eigenvalue weighted by Crippen LogP contribution is 2.35. The van der Waals surface area contributed by atoms with Crippen LogP contribution in [0.4, 0.5) is 5.88 Å². The van der Waals surface area contributed by atoms with Crippen molar-refractivity contribution in [1.82, 2.24) is 24.3 Å². The molecule has 1 N–H and O–H groups in total. The Kier molecular flexibility index (Phi) is 9.26. The summed E-state index contributed by atoms with van der Waals surface area (Å²) >= 11 is 0. The van der Waals surface area contributed by atoms with E-state index in [4.69, 9.17) is 19.2 Å². The molecule has 0 amide bonds. The van der Waals surface area contributed by atoms with Gasteiger partial charge < -0.3 is 18.4 Å². The predicted octanol–water partition coefficient (Wildman–Crippen LogP) is 8.51. The van der Waals surface area contributed by atoms with Gasteiger partial charge in [0.25, 0.3) is 10.0 Å². The van der Waals surface area contributed by atoms with Gasteiger partial charge in [0.05, 0.1) is 39.3 Å². The molecular weight excluding hydrogens is 661 g/mol. The number of imidazole rings is 2. The Balaban J connectivity index is 1.30. The molecule has 7 rings (SSSR count). The van der Waals surface area contributed by atoms with Crippen molar-refractivity contribution in [2.75, 3.05) is 11.3 Å². The lowest BCUT2D eigenvalue weighted by atomic mass is 9.97.